The fraction of sp³-hybridized carbons (Fsp3) is 1.00. The van der Waals surface area contributed by atoms with Crippen molar-refractivity contribution in [1.82, 2.24) is 0 Å². The summed E-state index contributed by atoms with van der Waals surface area (Å²) in [5.41, 5.74) is 0.0685. The van der Waals surface area contributed by atoms with E-state index in [0.29, 0.717) is 11.7 Å². The molecule has 0 aliphatic heterocycles. The Hall–Kier alpha value is 0.190. The highest BCUT2D eigenvalue weighted by Gasteiger charge is 2.63. The molecular weight excluding hydrogens is 216 g/mol. The Balaban J connectivity index is 2.09. The summed E-state index contributed by atoms with van der Waals surface area (Å²) in [5, 5.41) is 21.8. The molecule has 5 heteroatoms. The van der Waals surface area contributed by atoms with E-state index in [9.17, 15) is 5.11 Å². The zero-order chi connectivity index (χ0) is 11.1. The van der Waals surface area contributed by atoms with Crippen LogP contribution in [-0.4, -0.2) is 22.2 Å². The predicted molar refractivity (Wildman–Crippen MR) is 56.8 cm³/mol. The lowest BCUT2D eigenvalue weighted by molar-refractivity contribution is -0.432. The molecule has 0 spiro atoms. The van der Waals surface area contributed by atoms with Crippen molar-refractivity contribution in [2.75, 3.05) is 5.75 Å². The highest BCUT2D eigenvalue weighted by atomic mass is 32.2. The minimum Gasteiger partial charge on any atom is -0.392 e. The van der Waals surface area contributed by atoms with Crippen LogP contribution in [0, 0.1) is 16.7 Å². The first-order valence-electron chi connectivity index (χ1n) is 5.32. The van der Waals surface area contributed by atoms with Gasteiger partial charge in [-0.25, -0.2) is 5.26 Å². The highest BCUT2D eigenvalue weighted by Crippen LogP contribution is 2.66. The summed E-state index contributed by atoms with van der Waals surface area (Å²) in [7, 11) is 0. The lowest BCUT2D eigenvalue weighted by atomic mass is 9.70. The number of hydrogen-bond acceptors (Lipinski definition) is 5. The van der Waals surface area contributed by atoms with Crippen LogP contribution in [0.3, 0.4) is 0 Å². The molecule has 15 heavy (non-hydrogen) atoms. The fourth-order valence-corrected chi connectivity index (χ4v) is 4.54. The second-order valence-corrected chi connectivity index (χ2v) is 5.93. The Kier molecular flexibility index (Phi) is 3.03. The summed E-state index contributed by atoms with van der Waals surface area (Å²) in [6.45, 7) is 4.45. The first kappa shape index (κ1) is 11.7. The summed E-state index contributed by atoms with van der Waals surface area (Å²) < 4.78 is 4.44. The minimum absolute atomic E-state index is 0.0825. The Morgan fingerprint density at radius 3 is 2.67 bits per heavy atom. The molecule has 0 amide bonds. The molecular formula is C10H18O4S. The van der Waals surface area contributed by atoms with Crippen LogP contribution in [-0.2, 0) is 9.37 Å². The molecule has 0 aromatic carbocycles. The molecule has 0 saturated heterocycles. The molecule has 88 valence electrons. The van der Waals surface area contributed by atoms with E-state index in [1.807, 2.05) is 0 Å². The van der Waals surface area contributed by atoms with Crippen molar-refractivity contribution in [1.29, 1.82) is 0 Å². The van der Waals surface area contributed by atoms with E-state index in [4.69, 9.17) is 5.26 Å². The summed E-state index contributed by atoms with van der Waals surface area (Å²) in [5.74, 6) is 1.28. The van der Waals surface area contributed by atoms with Crippen molar-refractivity contribution < 1.29 is 19.7 Å². The quantitative estimate of drug-likeness (QED) is 0.338. The zero-order valence-electron chi connectivity index (χ0n) is 9.10. The van der Waals surface area contributed by atoms with Crippen LogP contribution in [0.1, 0.15) is 33.1 Å². The van der Waals surface area contributed by atoms with E-state index in [-0.39, 0.29) is 16.9 Å². The van der Waals surface area contributed by atoms with E-state index in [1.54, 1.807) is 0 Å². The van der Waals surface area contributed by atoms with Crippen LogP contribution in [0.2, 0.25) is 0 Å². The van der Waals surface area contributed by atoms with Gasteiger partial charge in [-0.3, -0.25) is 0 Å². The third-order valence-electron chi connectivity index (χ3n) is 4.78. The van der Waals surface area contributed by atoms with E-state index in [1.165, 1.54) is 6.42 Å². The van der Waals surface area contributed by atoms with Gasteiger partial charge < -0.3 is 5.11 Å². The average Bonchev–Trinajstić information content (AvgIpc) is 2.52. The number of fused-ring (bicyclic) bond motifs is 2. The van der Waals surface area contributed by atoms with Crippen LogP contribution in [0.5, 0.6) is 0 Å². The molecule has 0 aromatic heterocycles. The Morgan fingerprint density at radius 1 is 1.47 bits per heavy atom. The molecule has 2 unspecified atom stereocenters. The van der Waals surface area contributed by atoms with Crippen molar-refractivity contribution >= 4 is 12.0 Å². The highest BCUT2D eigenvalue weighted by molar-refractivity contribution is 7.94. The second-order valence-electron chi connectivity index (χ2n) is 5.27. The lowest BCUT2D eigenvalue weighted by Crippen LogP contribution is -2.41. The predicted octanol–water partition coefficient (Wildman–Crippen LogP) is 2.24. The summed E-state index contributed by atoms with van der Waals surface area (Å²) in [6, 6.07) is 0. The average molecular weight is 234 g/mol. The van der Waals surface area contributed by atoms with Gasteiger partial charge in [-0.15, -0.1) is 4.33 Å². The van der Waals surface area contributed by atoms with E-state index in [2.05, 4.69) is 23.2 Å². The first-order valence-corrected chi connectivity index (χ1v) is 6.23. The Bertz CT molecular complexity index is 246. The standard InChI is InChI=1S/C10H18O4S/c1-9(2)7-3-4-10(9,8(11)5-7)6-15-14-13-12/h7-8,11-12H,3-6H2,1-2H3/t7?,8-,10?/m1/s1. The van der Waals surface area contributed by atoms with Crippen LogP contribution in [0.4, 0.5) is 0 Å². The van der Waals surface area contributed by atoms with Gasteiger partial charge in [0, 0.05) is 23.2 Å². The minimum atomic E-state index is -0.249. The molecule has 3 atom stereocenters. The molecule has 2 saturated carbocycles. The largest absolute Gasteiger partial charge is 0.392 e. The number of aliphatic hydroxyl groups excluding tert-OH is 1. The van der Waals surface area contributed by atoms with Gasteiger partial charge in [-0.05, 0) is 30.6 Å². The summed E-state index contributed by atoms with van der Waals surface area (Å²) in [6.07, 6.45) is 2.87. The van der Waals surface area contributed by atoms with Crippen LogP contribution in [0.25, 0.3) is 0 Å². The monoisotopic (exact) mass is 234 g/mol. The fourth-order valence-electron chi connectivity index (χ4n) is 3.53. The number of rotatable bonds is 4. The van der Waals surface area contributed by atoms with Crippen molar-refractivity contribution in [2.45, 2.75) is 39.2 Å². The molecule has 2 aliphatic carbocycles. The molecule has 2 bridgehead atoms. The smallest absolute Gasteiger partial charge is 0.0613 e. The zero-order valence-corrected chi connectivity index (χ0v) is 9.92. The lowest BCUT2D eigenvalue weighted by Gasteiger charge is -2.39. The van der Waals surface area contributed by atoms with E-state index in [0.717, 1.165) is 24.9 Å². The first-order chi connectivity index (χ1) is 7.04. The molecule has 0 aromatic rings. The SMILES string of the molecule is CC1(C)C2CCC1(CSOOO)[C@H](O)C2. The number of hydrogen-bond donors (Lipinski definition) is 2. The van der Waals surface area contributed by atoms with Gasteiger partial charge in [0.2, 0.25) is 0 Å². The molecule has 2 fully saturated rings. The maximum absolute atomic E-state index is 10.1. The van der Waals surface area contributed by atoms with Gasteiger partial charge in [-0.1, -0.05) is 18.9 Å². The van der Waals surface area contributed by atoms with Crippen LogP contribution >= 0.6 is 12.0 Å². The summed E-state index contributed by atoms with van der Waals surface area (Å²) in [4.78, 5) is 0. The molecule has 2 rings (SSSR count). The second kappa shape index (κ2) is 3.89. The Morgan fingerprint density at radius 2 is 2.20 bits per heavy atom. The van der Waals surface area contributed by atoms with Crippen LogP contribution < -0.4 is 0 Å². The number of aliphatic hydroxyl groups is 1. The van der Waals surface area contributed by atoms with Gasteiger partial charge in [-0.2, -0.15) is 0 Å². The van der Waals surface area contributed by atoms with Crippen molar-refractivity contribution in [3.63, 3.8) is 0 Å². The molecule has 2 aliphatic rings. The maximum atomic E-state index is 10.1. The summed E-state index contributed by atoms with van der Waals surface area (Å²) >= 11 is 1.07. The third kappa shape index (κ3) is 1.52. The molecule has 0 radical (unpaired) electrons. The molecule has 4 nitrogen and oxygen atoms in total. The third-order valence-corrected chi connectivity index (χ3v) is 5.57. The maximum Gasteiger partial charge on any atom is 0.0613 e. The van der Waals surface area contributed by atoms with Crippen molar-refractivity contribution in [3.05, 3.63) is 0 Å². The van der Waals surface area contributed by atoms with Crippen LogP contribution in [0.15, 0.2) is 0 Å². The van der Waals surface area contributed by atoms with E-state index < -0.39 is 0 Å². The van der Waals surface area contributed by atoms with Crippen molar-refractivity contribution in [2.24, 2.45) is 16.7 Å². The van der Waals surface area contributed by atoms with Gasteiger partial charge >= 0.3 is 0 Å². The van der Waals surface area contributed by atoms with E-state index >= 15 is 0 Å². The van der Waals surface area contributed by atoms with Gasteiger partial charge in [0.1, 0.15) is 0 Å². The van der Waals surface area contributed by atoms with Gasteiger partial charge in [0.05, 0.1) is 6.10 Å². The topological polar surface area (TPSA) is 58.9 Å². The molecule has 0 heterocycles. The van der Waals surface area contributed by atoms with Crippen molar-refractivity contribution in [3.8, 4) is 0 Å². The van der Waals surface area contributed by atoms with Gasteiger partial charge in [0.25, 0.3) is 0 Å². The molecule has 2 N–H and O–H groups in total. The normalized spacial score (nSPS) is 42.4. The van der Waals surface area contributed by atoms with Gasteiger partial charge in [0.15, 0.2) is 0 Å². The Labute approximate surface area is 94.0 Å².